The molecule has 0 fully saturated rings. The van der Waals surface area contributed by atoms with Crippen LogP contribution in [0.4, 0.5) is 5.69 Å². The molecule has 0 unspecified atom stereocenters. The second-order valence-electron chi connectivity index (χ2n) is 9.67. The van der Waals surface area contributed by atoms with Gasteiger partial charge in [-0.3, -0.25) is 9.59 Å². The van der Waals surface area contributed by atoms with Gasteiger partial charge in [0.05, 0.1) is 28.7 Å². The fraction of sp³-hybridized carbons (Fsp3) is 0.241. The van der Waals surface area contributed by atoms with Crippen LogP contribution in [0.1, 0.15) is 39.1 Å². The van der Waals surface area contributed by atoms with Crippen LogP contribution in [0.25, 0.3) is 10.9 Å². The van der Waals surface area contributed by atoms with Gasteiger partial charge in [0.1, 0.15) is 5.82 Å². The van der Waals surface area contributed by atoms with E-state index in [1.165, 1.54) is 10.9 Å². The van der Waals surface area contributed by atoms with E-state index in [4.69, 9.17) is 26.1 Å². The van der Waals surface area contributed by atoms with E-state index in [1.54, 1.807) is 36.4 Å². The number of hydrogen-bond acceptors (Lipinski definition) is 6. The summed E-state index contributed by atoms with van der Waals surface area (Å²) in [5.74, 6) is 0.764. The van der Waals surface area contributed by atoms with E-state index in [0.29, 0.717) is 40.3 Å². The zero-order chi connectivity index (χ0) is 28.2. The van der Waals surface area contributed by atoms with Crippen molar-refractivity contribution in [2.45, 2.75) is 33.1 Å². The molecule has 0 spiro atoms. The molecule has 0 bridgehead atoms. The predicted molar refractivity (Wildman–Crippen MR) is 159 cm³/mol. The van der Waals surface area contributed by atoms with E-state index < -0.39 is 5.41 Å². The highest BCUT2D eigenvalue weighted by Gasteiger charge is 2.23. The minimum Gasteiger partial charge on any atom is -0.490 e. The summed E-state index contributed by atoms with van der Waals surface area (Å²) in [4.78, 5) is 30.5. The summed E-state index contributed by atoms with van der Waals surface area (Å²) < 4.78 is 13.6. The molecule has 4 aromatic rings. The standard InChI is InChI=1S/C29H28BrClN4O4/c1-5-38-24-14-18(13-22(31)26(24)39-17-25(36)33-20-9-7-6-8-10-20)16-32-35-27(37)21-15-19(30)11-12-23(21)34-28(35)29(2,3)4/h6-16H,5,17H2,1-4H3,(H,33,36). The number of amides is 1. The van der Waals surface area contributed by atoms with Gasteiger partial charge in [-0.05, 0) is 55.0 Å². The van der Waals surface area contributed by atoms with Crippen LogP contribution < -0.4 is 20.3 Å². The number of carbonyl (C=O) groups is 1. The summed E-state index contributed by atoms with van der Waals surface area (Å²) in [6.45, 7) is 7.82. The topological polar surface area (TPSA) is 94.8 Å². The zero-order valence-electron chi connectivity index (χ0n) is 22.0. The van der Waals surface area contributed by atoms with Gasteiger partial charge in [-0.15, -0.1) is 0 Å². The Kier molecular flexibility index (Phi) is 8.72. The monoisotopic (exact) mass is 610 g/mol. The third kappa shape index (κ3) is 6.85. The molecule has 1 amide bonds. The summed E-state index contributed by atoms with van der Waals surface area (Å²) in [5, 5.41) is 7.94. The minimum absolute atomic E-state index is 0.235. The van der Waals surface area contributed by atoms with Gasteiger partial charge in [0.15, 0.2) is 18.1 Å². The first kappa shape index (κ1) is 28.3. The quantitative estimate of drug-likeness (QED) is 0.233. The minimum atomic E-state index is -0.454. The van der Waals surface area contributed by atoms with Crippen molar-refractivity contribution in [3.63, 3.8) is 0 Å². The SMILES string of the molecule is CCOc1cc(C=Nn2c(C(C)(C)C)nc3ccc(Br)cc3c2=O)cc(Cl)c1OCC(=O)Nc1ccccc1. The van der Waals surface area contributed by atoms with Crippen molar-refractivity contribution < 1.29 is 14.3 Å². The molecule has 1 N–H and O–H groups in total. The highest BCUT2D eigenvalue weighted by Crippen LogP contribution is 2.36. The van der Waals surface area contributed by atoms with Crippen molar-refractivity contribution in [3.8, 4) is 11.5 Å². The van der Waals surface area contributed by atoms with Gasteiger partial charge in [-0.25, -0.2) is 4.98 Å². The number of halogens is 2. The first-order valence-electron chi connectivity index (χ1n) is 12.3. The van der Waals surface area contributed by atoms with Crippen LogP contribution in [-0.4, -0.2) is 35.0 Å². The van der Waals surface area contributed by atoms with Crippen LogP contribution in [-0.2, 0) is 10.2 Å². The molecule has 0 aliphatic heterocycles. The second-order valence-corrected chi connectivity index (χ2v) is 11.0. The molecule has 0 radical (unpaired) electrons. The lowest BCUT2D eigenvalue weighted by atomic mass is 9.95. The molecular formula is C29H28BrClN4O4. The Morgan fingerprint density at radius 3 is 2.56 bits per heavy atom. The predicted octanol–water partition coefficient (Wildman–Crippen LogP) is 6.41. The Bertz CT molecular complexity index is 1600. The molecule has 8 nitrogen and oxygen atoms in total. The normalized spacial score (nSPS) is 11.6. The Morgan fingerprint density at radius 2 is 1.87 bits per heavy atom. The Morgan fingerprint density at radius 1 is 1.13 bits per heavy atom. The Labute approximate surface area is 239 Å². The van der Waals surface area contributed by atoms with E-state index in [-0.39, 0.29) is 28.8 Å². The van der Waals surface area contributed by atoms with Gasteiger partial charge >= 0.3 is 0 Å². The number of para-hydroxylation sites is 1. The molecule has 0 saturated heterocycles. The average Bonchev–Trinajstić information content (AvgIpc) is 2.88. The molecule has 0 aliphatic rings. The summed E-state index contributed by atoms with van der Waals surface area (Å²) in [7, 11) is 0. The number of benzene rings is 3. The molecule has 1 heterocycles. The van der Waals surface area contributed by atoms with Gasteiger partial charge in [0.25, 0.3) is 11.5 Å². The number of carbonyl (C=O) groups excluding carboxylic acids is 1. The van der Waals surface area contributed by atoms with E-state index in [9.17, 15) is 9.59 Å². The first-order valence-corrected chi connectivity index (χ1v) is 13.4. The molecular weight excluding hydrogens is 584 g/mol. The fourth-order valence-electron chi connectivity index (χ4n) is 3.79. The maximum atomic E-state index is 13.4. The molecule has 0 aliphatic carbocycles. The summed E-state index contributed by atoms with van der Waals surface area (Å²) in [6.07, 6.45) is 1.52. The van der Waals surface area contributed by atoms with Gasteiger partial charge in [0, 0.05) is 15.6 Å². The second kappa shape index (κ2) is 12.0. The molecule has 4 rings (SSSR count). The Balaban J connectivity index is 1.65. The number of rotatable bonds is 8. The van der Waals surface area contributed by atoms with Crippen LogP contribution in [0.5, 0.6) is 11.5 Å². The van der Waals surface area contributed by atoms with Gasteiger partial charge in [-0.1, -0.05) is 66.5 Å². The fourth-order valence-corrected chi connectivity index (χ4v) is 4.42. The number of ether oxygens (including phenoxy) is 2. The highest BCUT2D eigenvalue weighted by atomic mass is 79.9. The van der Waals surface area contributed by atoms with Crippen LogP contribution in [0.15, 0.2) is 75.0 Å². The largest absolute Gasteiger partial charge is 0.490 e. The molecule has 3 aromatic carbocycles. The smallest absolute Gasteiger partial charge is 0.282 e. The summed E-state index contributed by atoms with van der Waals surface area (Å²) in [6, 6.07) is 17.8. The van der Waals surface area contributed by atoms with Crippen LogP contribution in [0.2, 0.25) is 5.02 Å². The number of anilines is 1. The molecule has 1 aromatic heterocycles. The average molecular weight is 612 g/mol. The number of nitrogens with one attached hydrogen (secondary N) is 1. The summed E-state index contributed by atoms with van der Waals surface area (Å²) >= 11 is 9.96. The third-order valence-corrected chi connectivity index (χ3v) is 6.31. The maximum absolute atomic E-state index is 13.4. The van der Waals surface area contributed by atoms with Crippen LogP contribution in [0, 0.1) is 0 Å². The van der Waals surface area contributed by atoms with Crippen molar-refractivity contribution in [2.75, 3.05) is 18.5 Å². The van der Waals surface area contributed by atoms with Gasteiger partial charge < -0.3 is 14.8 Å². The number of nitrogens with zero attached hydrogens (tertiary/aromatic N) is 3. The zero-order valence-corrected chi connectivity index (χ0v) is 24.3. The molecule has 39 heavy (non-hydrogen) atoms. The van der Waals surface area contributed by atoms with Crippen molar-refractivity contribution in [2.24, 2.45) is 5.10 Å². The number of hydrogen-bond donors (Lipinski definition) is 1. The van der Waals surface area contributed by atoms with Crippen molar-refractivity contribution in [1.82, 2.24) is 9.66 Å². The van der Waals surface area contributed by atoms with E-state index in [2.05, 4.69) is 26.3 Å². The van der Waals surface area contributed by atoms with Crippen LogP contribution in [0.3, 0.4) is 0 Å². The Hall–Kier alpha value is -3.69. The lowest BCUT2D eigenvalue weighted by molar-refractivity contribution is -0.118. The molecule has 202 valence electrons. The third-order valence-electron chi connectivity index (χ3n) is 5.54. The van der Waals surface area contributed by atoms with Crippen molar-refractivity contribution in [3.05, 3.63) is 91.9 Å². The number of fused-ring (bicyclic) bond motifs is 1. The molecule has 0 atom stereocenters. The maximum Gasteiger partial charge on any atom is 0.282 e. The highest BCUT2D eigenvalue weighted by molar-refractivity contribution is 9.10. The van der Waals surface area contributed by atoms with Crippen molar-refractivity contribution >= 4 is 56.2 Å². The van der Waals surface area contributed by atoms with Crippen LogP contribution >= 0.6 is 27.5 Å². The first-order chi connectivity index (χ1) is 18.6. The van der Waals surface area contributed by atoms with E-state index in [1.807, 2.05) is 52.0 Å². The lowest BCUT2D eigenvalue weighted by Crippen LogP contribution is -2.29. The lowest BCUT2D eigenvalue weighted by Gasteiger charge is -2.21. The molecule has 10 heteroatoms. The van der Waals surface area contributed by atoms with E-state index >= 15 is 0 Å². The van der Waals surface area contributed by atoms with Crippen molar-refractivity contribution in [1.29, 1.82) is 0 Å². The number of aromatic nitrogens is 2. The van der Waals surface area contributed by atoms with Gasteiger partial charge in [0.2, 0.25) is 0 Å². The molecule has 0 saturated carbocycles. The summed E-state index contributed by atoms with van der Waals surface area (Å²) in [5.41, 5.74) is 1.09. The van der Waals surface area contributed by atoms with Gasteiger partial charge in [-0.2, -0.15) is 9.78 Å². The van der Waals surface area contributed by atoms with E-state index in [0.717, 1.165) is 4.47 Å².